The number of benzene rings is 2. The first-order valence-electron chi connectivity index (χ1n) is 7.94. The van der Waals surface area contributed by atoms with Gasteiger partial charge in [0.15, 0.2) is 5.78 Å². The van der Waals surface area contributed by atoms with Gasteiger partial charge in [-0.3, -0.25) is 4.79 Å². The van der Waals surface area contributed by atoms with Crippen LogP contribution in [0.3, 0.4) is 0 Å². The molecule has 3 rings (SSSR count). The van der Waals surface area contributed by atoms with Gasteiger partial charge in [-0.1, -0.05) is 0 Å². The highest BCUT2D eigenvalue weighted by atomic mass is 16.4. The third-order valence-electron chi connectivity index (χ3n) is 4.13. The molecule has 0 bridgehead atoms. The minimum absolute atomic E-state index is 0.0442. The van der Waals surface area contributed by atoms with Crippen LogP contribution in [0, 0.1) is 0 Å². The molecule has 0 radical (unpaired) electrons. The van der Waals surface area contributed by atoms with E-state index in [2.05, 4.69) is 0 Å². The lowest BCUT2D eigenvalue weighted by atomic mass is 10.0. The average molecular weight is 336 g/mol. The van der Waals surface area contributed by atoms with Crippen molar-refractivity contribution in [2.24, 2.45) is 0 Å². The monoisotopic (exact) mass is 336 g/mol. The molecule has 0 unspecified atom stereocenters. The molecule has 1 aromatic heterocycles. The van der Waals surface area contributed by atoms with Crippen LogP contribution in [0.5, 0.6) is 0 Å². The number of hydrogen-bond acceptors (Lipinski definition) is 5. The lowest BCUT2D eigenvalue weighted by molar-refractivity contribution is 0.103. The van der Waals surface area contributed by atoms with E-state index in [1.165, 1.54) is 0 Å². The molecule has 5 nitrogen and oxygen atoms in total. The summed E-state index contributed by atoms with van der Waals surface area (Å²) in [4.78, 5) is 28.8. The van der Waals surface area contributed by atoms with E-state index in [4.69, 9.17) is 4.42 Å². The Kier molecular flexibility index (Phi) is 4.31. The maximum Gasteiger partial charge on any atom is 0.347 e. The first-order chi connectivity index (χ1) is 11.9. The molecule has 0 fully saturated rings. The third-order valence-corrected chi connectivity index (χ3v) is 4.13. The molecule has 1 heterocycles. The smallest absolute Gasteiger partial charge is 0.347 e. The van der Waals surface area contributed by atoms with E-state index in [0.717, 1.165) is 16.8 Å². The number of carbonyl (C=O) groups excluding carboxylic acids is 1. The highest BCUT2D eigenvalue weighted by Gasteiger charge is 2.16. The van der Waals surface area contributed by atoms with Crippen LogP contribution in [-0.4, -0.2) is 34.0 Å². The molecule has 0 amide bonds. The third kappa shape index (κ3) is 3.26. The fraction of sp³-hybridized carbons (Fsp3) is 0.200. The Morgan fingerprint density at radius 3 is 2.04 bits per heavy atom. The number of rotatable bonds is 4. The molecule has 3 aromatic rings. The first-order valence-corrected chi connectivity index (χ1v) is 7.94. The lowest BCUT2D eigenvalue weighted by Crippen LogP contribution is -2.15. The second-order valence-electron chi connectivity index (χ2n) is 6.33. The fourth-order valence-electron chi connectivity index (χ4n) is 2.60. The summed E-state index contributed by atoms with van der Waals surface area (Å²) in [6.07, 6.45) is 0. The van der Waals surface area contributed by atoms with Gasteiger partial charge < -0.3 is 14.2 Å². The Balaban J connectivity index is 2.02. The predicted molar refractivity (Wildman–Crippen MR) is 101 cm³/mol. The minimum atomic E-state index is -0.620. The molecule has 0 aliphatic rings. The van der Waals surface area contributed by atoms with Crippen LogP contribution in [-0.2, 0) is 0 Å². The van der Waals surface area contributed by atoms with Gasteiger partial charge in [-0.2, -0.15) is 0 Å². The second-order valence-corrected chi connectivity index (χ2v) is 6.33. The van der Waals surface area contributed by atoms with Crippen LogP contribution in [0.4, 0.5) is 11.4 Å². The molecule has 0 atom stereocenters. The maximum absolute atomic E-state index is 12.7. The molecular weight excluding hydrogens is 316 g/mol. The maximum atomic E-state index is 12.7. The van der Waals surface area contributed by atoms with Gasteiger partial charge in [-0.25, -0.2) is 4.79 Å². The number of anilines is 2. The highest BCUT2D eigenvalue weighted by Crippen LogP contribution is 2.22. The van der Waals surface area contributed by atoms with E-state index >= 15 is 0 Å². The molecule has 0 aliphatic carbocycles. The summed E-state index contributed by atoms with van der Waals surface area (Å²) < 4.78 is 5.38. The number of hydrogen-bond donors (Lipinski definition) is 0. The Morgan fingerprint density at radius 2 is 1.44 bits per heavy atom. The van der Waals surface area contributed by atoms with Crippen LogP contribution >= 0.6 is 0 Å². The van der Waals surface area contributed by atoms with E-state index in [0.29, 0.717) is 11.1 Å². The highest BCUT2D eigenvalue weighted by molar-refractivity contribution is 6.10. The Hall–Kier alpha value is -3.08. The van der Waals surface area contributed by atoms with Crippen LogP contribution in [0.15, 0.2) is 57.7 Å². The van der Waals surface area contributed by atoms with E-state index in [1.807, 2.05) is 62.3 Å². The molecule has 0 N–H and O–H groups in total. The van der Waals surface area contributed by atoms with Gasteiger partial charge >= 0.3 is 5.63 Å². The molecule has 2 aromatic carbocycles. The largest absolute Gasteiger partial charge is 0.422 e. The van der Waals surface area contributed by atoms with Crippen LogP contribution in [0.1, 0.15) is 15.9 Å². The average Bonchev–Trinajstić information content (AvgIpc) is 2.60. The summed E-state index contributed by atoms with van der Waals surface area (Å²) in [7, 11) is 7.68. The van der Waals surface area contributed by atoms with Gasteiger partial charge in [0.25, 0.3) is 0 Å². The van der Waals surface area contributed by atoms with E-state index in [1.54, 1.807) is 24.3 Å². The summed E-state index contributed by atoms with van der Waals surface area (Å²) in [6, 6.07) is 14.3. The van der Waals surface area contributed by atoms with Crippen LogP contribution in [0.25, 0.3) is 11.0 Å². The van der Waals surface area contributed by atoms with E-state index in [9.17, 15) is 9.59 Å². The summed E-state index contributed by atoms with van der Waals surface area (Å²) in [5, 5.41) is 0.721. The van der Waals surface area contributed by atoms with Gasteiger partial charge in [0.05, 0.1) is 0 Å². The number of carbonyl (C=O) groups is 1. The molecule has 5 heteroatoms. The van der Waals surface area contributed by atoms with Crippen molar-refractivity contribution in [2.45, 2.75) is 0 Å². The van der Waals surface area contributed by atoms with Crippen molar-refractivity contribution in [1.82, 2.24) is 0 Å². The molecule has 0 saturated heterocycles. The molecule has 0 spiro atoms. The zero-order valence-corrected chi connectivity index (χ0v) is 14.7. The summed E-state index contributed by atoms with van der Waals surface area (Å²) >= 11 is 0. The fourth-order valence-corrected chi connectivity index (χ4v) is 2.60. The van der Waals surface area contributed by atoms with Gasteiger partial charge in [-0.15, -0.1) is 0 Å². The van der Waals surface area contributed by atoms with Crippen LogP contribution in [0.2, 0.25) is 0 Å². The van der Waals surface area contributed by atoms with E-state index < -0.39 is 5.63 Å². The molecule has 25 heavy (non-hydrogen) atoms. The van der Waals surface area contributed by atoms with Gasteiger partial charge in [-0.05, 0) is 42.5 Å². The zero-order chi connectivity index (χ0) is 18.1. The Bertz CT molecular complexity index is 986. The van der Waals surface area contributed by atoms with Crippen molar-refractivity contribution in [2.75, 3.05) is 38.0 Å². The quantitative estimate of drug-likeness (QED) is 0.541. The van der Waals surface area contributed by atoms with Crippen molar-refractivity contribution < 1.29 is 9.21 Å². The van der Waals surface area contributed by atoms with Crippen molar-refractivity contribution in [3.05, 3.63) is 70.1 Å². The summed E-state index contributed by atoms with van der Waals surface area (Å²) in [6.45, 7) is 0. The zero-order valence-electron chi connectivity index (χ0n) is 14.7. The van der Waals surface area contributed by atoms with Crippen LogP contribution < -0.4 is 15.4 Å². The van der Waals surface area contributed by atoms with Gasteiger partial charge in [0, 0.05) is 56.6 Å². The van der Waals surface area contributed by atoms with Crippen molar-refractivity contribution in [3.63, 3.8) is 0 Å². The second kappa shape index (κ2) is 6.43. The van der Waals surface area contributed by atoms with Gasteiger partial charge in [0.1, 0.15) is 11.1 Å². The number of ketones is 1. The number of nitrogens with zero attached hydrogens (tertiary/aromatic N) is 2. The first kappa shape index (κ1) is 16.8. The Labute approximate surface area is 146 Å². The molecule has 128 valence electrons. The van der Waals surface area contributed by atoms with Crippen molar-refractivity contribution in [1.29, 1.82) is 0 Å². The topological polar surface area (TPSA) is 53.8 Å². The van der Waals surface area contributed by atoms with E-state index in [-0.39, 0.29) is 11.3 Å². The lowest BCUT2D eigenvalue weighted by Gasteiger charge is -2.13. The standard InChI is InChI=1S/C20H20N2O3/c1-21(2)15-8-5-13(6-9-15)19(23)17-11-14-7-10-16(22(3)4)12-18(14)25-20(17)24/h5-12H,1-4H3. The van der Waals surface area contributed by atoms with Crippen molar-refractivity contribution in [3.8, 4) is 0 Å². The summed E-state index contributed by atoms with van der Waals surface area (Å²) in [5.41, 5.74) is 2.26. The minimum Gasteiger partial charge on any atom is -0.422 e. The summed E-state index contributed by atoms with van der Waals surface area (Å²) in [5.74, 6) is -0.336. The molecular formula is C20H20N2O3. The predicted octanol–water partition coefficient (Wildman–Crippen LogP) is 3.16. The normalized spacial score (nSPS) is 10.7. The Morgan fingerprint density at radius 1 is 0.840 bits per heavy atom. The van der Waals surface area contributed by atoms with Crippen molar-refractivity contribution >= 4 is 28.1 Å². The molecule has 0 aliphatic heterocycles. The van der Waals surface area contributed by atoms with Gasteiger partial charge in [0.2, 0.25) is 0 Å². The SMILES string of the molecule is CN(C)c1ccc(C(=O)c2cc3ccc(N(C)C)cc3oc2=O)cc1. The number of fused-ring (bicyclic) bond motifs is 1. The molecule has 0 saturated carbocycles.